The van der Waals surface area contributed by atoms with Gasteiger partial charge in [-0.1, -0.05) is 78.5 Å². The molecule has 11 heteroatoms. The van der Waals surface area contributed by atoms with E-state index in [-0.39, 0.29) is 23.1 Å². The maximum atomic E-state index is 13.6. The molecule has 43 heavy (non-hydrogen) atoms. The van der Waals surface area contributed by atoms with Crippen LogP contribution in [-0.2, 0) is 22.4 Å². The number of rotatable bonds is 15. The number of carbonyl (C=O) groups excluding carboxylic acids is 3. The van der Waals surface area contributed by atoms with Gasteiger partial charge in [0.2, 0.25) is 5.91 Å². The summed E-state index contributed by atoms with van der Waals surface area (Å²) in [6.45, 7) is 3.17. The third kappa shape index (κ3) is 11.2. The molecule has 3 amide bonds. The molecule has 1 atom stereocenters. The lowest BCUT2D eigenvalue weighted by molar-refractivity contribution is -0.384. The molecule has 3 aromatic carbocycles. The Labute approximate surface area is 257 Å². The van der Waals surface area contributed by atoms with Gasteiger partial charge in [-0.05, 0) is 43.3 Å². The molecule has 2 N–H and O–H groups in total. The highest BCUT2D eigenvalue weighted by atomic mass is 32.2. The van der Waals surface area contributed by atoms with E-state index >= 15 is 0 Å². The van der Waals surface area contributed by atoms with Crippen LogP contribution in [0.2, 0.25) is 0 Å². The minimum absolute atomic E-state index is 0.0397. The number of benzene rings is 3. The smallest absolute Gasteiger partial charge is 0.318 e. The largest absolute Gasteiger partial charge is 0.353 e. The van der Waals surface area contributed by atoms with E-state index in [4.69, 9.17) is 0 Å². The molecule has 0 spiro atoms. The van der Waals surface area contributed by atoms with Crippen LogP contribution in [0.15, 0.2) is 78.9 Å². The predicted octanol–water partition coefficient (Wildman–Crippen LogP) is 4.38. The number of nitrogens with one attached hydrogen (secondary N) is 2. The van der Waals surface area contributed by atoms with E-state index in [0.29, 0.717) is 55.0 Å². The summed E-state index contributed by atoms with van der Waals surface area (Å²) in [5.41, 5.74) is 2.71. The molecular weight excluding hydrogens is 566 g/mol. The van der Waals surface area contributed by atoms with E-state index < -0.39 is 17.0 Å². The number of nitrogens with zero attached hydrogens (tertiary/aromatic N) is 3. The van der Waals surface area contributed by atoms with Crippen molar-refractivity contribution >= 4 is 34.5 Å². The van der Waals surface area contributed by atoms with Crippen LogP contribution in [-0.4, -0.2) is 83.8 Å². The average Bonchev–Trinajstić information content (AvgIpc) is 2.99. The minimum atomic E-state index is -0.975. The molecule has 10 nitrogen and oxygen atoms in total. The molecule has 0 aliphatic carbocycles. The molecule has 0 aliphatic rings. The molecule has 0 aliphatic heterocycles. The molecule has 0 heterocycles. The van der Waals surface area contributed by atoms with E-state index in [1.54, 1.807) is 29.2 Å². The number of nitro benzene ring substituents is 1. The Morgan fingerprint density at radius 2 is 1.58 bits per heavy atom. The van der Waals surface area contributed by atoms with Gasteiger partial charge in [-0.15, -0.1) is 0 Å². The summed E-state index contributed by atoms with van der Waals surface area (Å²) in [7, 11) is 3.78. The molecule has 0 saturated carbocycles. The van der Waals surface area contributed by atoms with Crippen molar-refractivity contribution in [2.45, 2.75) is 25.8 Å². The van der Waals surface area contributed by atoms with Crippen LogP contribution in [0.4, 0.5) is 10.5 Å². The highest BCUT2D eigenvalue weighted by Crippen LogP contribution is 2.31. The molecule has 0 bridgehead atoms. The number of urea groups is 1. The Morgan fingerprint density at radius 1 is 0.907 bits per heavy atom. The third-order valence-electron chi connectivity index (χ3n) is 6.72. The summed E-state index contributed by atoms with van der Waals surface area (Å²) in [5.74, 6) is 0.0378. The van der Waals surface area contributed by atoms with E-state index in [2.05, 4.69) is 10.6 Å². The molecule has 1 unspecified atom stereocenters. The number of hydrogen-bond donors (Lipinski definition) is 2. The van der Waals surface area contributed by atoms with Crippen molar-refractivity contribution in [1.82, 2.24) is 20.4 Å². The van der Waals surface area contributed by atoms with Gasteiger partial charge in [0.05, 0.1) is 10.5 Å². The molecule has 228 valence electrons. The topological polar surface area (TPSA) is 125 Å². The van der Waals surface area contributed by atoms with Crippen molar-refractivity contribution < 1.29 is 19.3 Å². The third-order valence-corrected chi connectivity index (χ3v) is 7.52. The van der Waals surface area contributed by atoms with Crippen LogP contribution in [0.1, 0.15) is 18.1 Å². The molecule has 3 rings (SSSR count). The van der Waals surface area contributed by atoms with Crippen molar-refractivity contribution in [3.63, 3.8) is 0 Å². The van der Waals surface area contributed by atoms with Crippen LogP contribution < -0.4 is 10.6 Å². The summed E-state index contributed by atoms with van der Waals surface area (Å²) in [6.07, 6.45) is 0.663. The fourth-order valence-electron chi connectivity index (χ4n) is 4.45. The first-order valence-electron chi connectivity index (χ1n) is 14.1. The van der Waals surface area contributed by atoms with Gasteiger partial charge in [-0.25, -0.2) is 4.79 Å². The Hall–Kier alpha value is -4.22. The van der Waals surface area contributed by atoms with Gasteiger partial charge < -0.3 is 20.4 Å². The summed E-state index contributed by atoms with van der Waals surface area (Å²) >= 11 is 1.14. The van der Waals surface area contributed by atoms with Gasteiger partial charge in [0.25, 0.3) is 5.69 Å². The van der Waals surface area contributed by atoms with Crippen LogP contribution >= 0.6 is 11.8 Å². The van der Waals surface area contributed by atoms with Gasteiger partial charge in [-0.3, -0.25) is 19.7 Å². The van der Waals surface area contributed by atoms with Gasteiger partial charge in [-0.2, -0.15) is 0 Å². The second-order valence-electron chi connectivity index (χ2n) is 10.3. The quantitative estimate of drug-likeness (QED) is 0.195. The average molecular weight is 606 g/mol. The van der Waals surface area contributed by atoms with E-state index in [1.165, 1.54) is 13.0 Å². The molecule has 0 saturated heterocycles. The minimum Gasteiger partial charge on any atom is -0.353 e. The summed E-state index contributed by atoms with van der Waals surface area (Å²) < 4.78 is 0. The Kier molecular flexibility index (Phi) is 13.2. The predicted molar refractivity (Wildman–Crippen MR) is 171 cm³/mol. The fourth-order valence-corrected chi connectivity index (χ4v) is 5.05. The van der Waals surface area contributed by atoms with Crippen molar-refractivity contribution in [1.29, 1.82) is 0 Å². The van der Waals surface area contributed by atoms with Gasteiger partial charge >= 0.3 is 6.03 Å². The van der Waals surface area contributed by atoms with Gasteiger partial charge in [0.15, 0.2) is 5.12 Å². The standard InChI is InChI=1S/C32H39N5O5S/c1-24(38)43-21-20-36(18-16-25-10-6-4-7-11-25)32(40)34-29(31(39)33-17-19-35(2)3)22-26-14-15-28(30(23-26)37(41)42)27-12-8-5-9-13-27/h4-15,23,29H,16-22H2,1-3H3,(H,33,39)(H,34,40). The number of hydrogen-bond acceptors (Lipinski definition) is 7. The van der Waals surface area contributed by atoms with E-state index in [9.17, 15) is 24.5 Å². The summed E-state index contributed by atoms with van der Waals surface area (Å²) in [4.78, 5) is 53.5. The first-order valence-corrected chi connectivity index (χ1v) is 15.1. The Bertz CT molecular complexity index is 1370. The maximum absolute atomic E-state index is 13.6. The van der Waals surface area contributed by atoms with Crippen LogP contribution in [0.25, 0.3) is 11.1 Å². The first-order chi connectivity index (χ1) is 20.6. The molecule has 0 aromatic heterocycles. The zero-order chi connectivity index (χ0) is 31.2. The van der Waals surface area contributed by atoms with Crippen molar-refractivity contribution in [3.8, 4) is 11.1 Å². The maximum Gasteiger partial charge on any atom is 0.318 e. The van der Waals surface area contributed by atoms with Gasteiger partial charge in [0, 0.05) is 51.3 Å². The highest BCUT2D eigenvalue weighted by Gasteiger charge is 2.26. The SMILES string of the molecule is CC(=O)SCCN(CCc1ccccc1)C(=O)NC(Cc1ccc(-c2ccccc2)c([N+](=O)[O-])c1)C(=O)NCCN(C)C. The monoisotopic (exact) mass is 605 g/mol. The van der Waals surface area contributed by atoms with E-state index in [1.807, 2.05) is 67.5 Å². The van der Waals surface area contributed by atoms with E-state index in [0.717, 1.165) is 17.3 Å². The van der Waals surface area contributed by atoms with Crippen LogP contribution in [0, 0.1) is 10.1 Å². The lowest BCUT2D eigenvalue weighted by Gasteiger charge is -2.26. The Balaban J connectivity index is 1.83. The lowest BCUT2D eigenvalue weighted by atomic mass is 9.98. The Morgan fingerprint density at radius 3 is 2.21 bits per heavy atom. The summed E-state index contributed by atoms with van der Waals surface area (Å²) in [5, 5.41) is 17.7. The second-order valence-corrected chi connectivity index (χ2v) is 11.6. The highest BCUT2D eigenvalue weighted by molar-refractivity contribution is 8.13. The zero-order valence-electron chi connectivity index (χ0n) is 24.8. The molecule has 0 radical (unpaired) electrons. The number of carbonyl (C=O) groups is 3. The van der Waals surface area contributed by atoms with Crippen molar-refractivity contribution in [3.05, 3.63) is 100 Å². The number of likely N-dealkylation sites (N-methyl/N-ethyl adjacent to an activating group) is 1. The van der Waals surface area contributed by atoms with Gasteiger partial charge in [0.1, 0.15) is 6.04 Å². The number of nitro groups is 1. The number of thioether (sulfide) groups is 1. The molecule has 0 fully saturated rings. The number of amides is 3. The van der Waals surface area contributed by atoms with Crippen LogP contribution in [0.3, 0.4) is 0 Å². The zero-order valence-corrected chi connectivity index (χ0v) is 25.6. The second kappa shape index (κ2) is 17.0. The van der Waals surface area contributed by atoms with Crippen LogP contribution in [0.5, 0.6) is 0 Å². The molecular formula is C32H39N5O5S. The molecule has 3 aromatic rings. The van der Waals surface area contributed by atoms with Crippen molar-refractivity contribution in [2.75, 3.05) is 46.0 Å². The normalized spacial score (nSPS) is 11.5. The lowest BCUT2D eigenvalue weighted by Crippen LogP contribution is -2.53. The summed E-state index contributed by atoms with van der Waals surface area (Å²) in [6, 6.07) is 22.3. The fraction of sp³-hybridized carbons (Fsp3) is 0.344. The first kappa shape index (κ1) is 33.3. The van der Waals surface area contributed by atoms with Crippen molar-refractivity contribution in [2.24, 2.45) is 0 Å².